The first-order valence-electron chi connectivity index (χ1n) is 7.82. The van der Waals surface area contributed by atoms with E-state index in [0.717, 1.165) is 27.7 Å². The molecule has 0 spiro atoms. The number of Topliss-reactive ketones (excluding diaryl/α,β-unsaturated/α-hetero) is 1. The Bertz CT molecular complexity index is 744. The highest BCUT2D eigenvalue weighted by Crippen LogP contribution is 2.41. The summed E-state index contributed by atoms with van der Waals surface area (Å²) < 4.78 is 5.14. The topological polar surface area (TPSA) is 46.6 Å². The number of aldehydes is 1. The van der Waals surface area contributed by atoms with Crippen LogP contribution >= 0.6 is 11.8 Å². The zero-order chi connectivity index (χ0) is 17.1. The Labute approximate surface area is 145 Å². The van der Waals surface area contributed by atoms with E-state index in [1.807, 2.05) is 13.0 Å². The molecule has 124 valence electrons. The Hall–Kier alpha value is -2.27. The number of methoxy groups -OCH3 is 1. The van der Waals surface area contributed by atoms with Crippen LogP contribution in [0.3, 0.4) is 0 Å². The van der Waals surface area contributed by atoms with Crippen molar-refractivity contribution in [1.82, 2.24) is 4.90 Å². The van der Waals surface area contributed by atoms with Gasteiger partial charge >= 0.3 is 0 Å². The fraction of sp³-hybridized carbons (Fsp3) is 0.263. The van der Waals surface area contributed by atoms with Crippen molar-refractivity contribution in [2.45, 2.75) is 13.3 Å². The van der Waals surface area contributed by atoms with E-state index in [4.69, 9.17) is 4.74 Å². The van der Waals surface area contributed by atoms with Gasteiger partial charge in [0.15, 0.2) is 5.78 Å². The molecule has 0 radical (unpaired) electrons. The number of carbonyl (C=O) groups excluding carboxylic acids is 2. The average molecular weight is 341 g/mol. The Kier molecular flexibility index (Phi) is 4.90. The minimum Gasteiger partial charge on any atom is -0.497 e. The molecule has 2 heterocycles. The molecule has 0 aromatic heterocycles. The maximum atomic E-state index is 12.8. The van der Waals surface area contributed by atoms with Crippen molar-refractivity contribution in [2.75, 3.05) is 13.7 Å². The number of carbonyl (C=O) groups is 2. The predicted molar refractivity (Wildman–Crippen MR) is 95.7 cm³/mol. The van der Waals surface area contributed by atoms with Gasteiger partial charge in [-0.2, -0.15) is 0 Å². The zero-order valence-electron chi connectivity index (χ0n) is 13.7. The van der Waals surface area contributed by atoms with Crippen molar-refractivity contribution >= 4 is 23.8 Å². The van der Waals surface area contributed by atoms with E-state index in [1.54, 1.807) is 31.4 Å². The highest BCUT2D eigenvalue weighted by molar-refractivity contribution is 8.07. The molecule has 5 heteroatoms. The molecular formula is C19H19NO3S. The third kappa shape index (κ3) is 3.31. The van der Waals surface area contributed by atoms with E-state index >= 15 is 0 Å². The lowest BCUT2D eigenvalue weighted by Crippen LogP contribution is -2.27. The summed E-state index contributed by atoms with van der Waals surface area (Å²) in [5.74, 6) is 0.877. The smallest absolute Gasteiger partial charge is 0.199 e. The Morgan fingerprint density at radius 1 is 1.25 bits per heavy atom. The van der Waals surface area contributed by atoms with Gasteiger partial charge in [-0.15, -0.1) is 0 Å². The van der Waals surface area contributed by atoms with Crippen LogP contribution in [0.1, 0.15) is 23.7 Å². The van der Waals surface area contributed by atoms with Crippen molar-refractivity contribution in [3.63, 3.8) is 0 Å². The van der Waals surface area contributed by atoms with Gasteiger partial charge in [0.1, 0.15) is 12.0 Å². The van der Waals surface area contributed by atoms with Gasteiger partial charge < -0.3 is 14.4 Å². The lowest BCUT2D eigenvalue weighted by Gasteiger charge is -2.34. The van der Waals surface area contributed by atoms with E-state index in [0.29, 0.717) is 18.5 Å². The summed E-state index contributed by atoms with van der Waals surface area (Å²) in [6, 6.07) is 7.16. The monoisotopic (exact) mass is 341 g/mol. The molecule has 1 atom stereocenters. The molecule has 1 unspecified atom stereocenters. The molecule has 0 amide bonds. The van der Waals surface area contributed by atoms with Crippen LogP contribution in [0.5, 0.6) is 5.75 Å². The van der Waals surface area contributed by atoms with Gasteiger partial charge in [-0.1, -0.05) is 23.9 Å². The Morgan fingerprint density at radius 3 is 2.67 bits per heavy atom. The highest BCUT2D eigenvalue weighted by Gasteiger charge is 2.27. The van der Waals surface area contributed by atoms with Crippen LogP contribution in [-0.4, -0.2) is 30.6 Å². The van der Waals surface area contributed by atoms with E-state index < -0.39 is 0 Å². The summed E-state index contributed by atoms with van der Waals surface area (Å²) in [6.45, 7) is 2.68. The fourth-order valence-electron chi connectivity index (χ4n) is 2.83. The number of allylic oxidation sites excluding steroid dienone is 5. The summed E-state index contributed by atoms with van der Waals surface area (Å²) >= 11 is 1.47. The SMILES string of the molecule is COc1ccc(C(=O)C2=CC3C=C(C)N(CCC=O)C(=C3)S2)cc1. The Morgan fingerprint density at radius 2 is 2.00 bits per heavy atom. The number of fused-ring (bicyclic) bond motifs is 1. The molecule has 1 aromatic rings. The number of ether oxygens (including phenoxy) is 1. The van der Waals surface area contributed by atoms with Crippen LogP contribution in [0.25, 0.3) is 0 Å². The maximum Gasteiger partial charge on any atom is 0.199 e. The van der Waals surface area contributed by atoms with Gasteiger partial charge in [-0.3, -0.25) is 4.79 Å². The number of thioether (sulfide) groups is 1. The van der Waals surface area contributed by atoms with E-state index in [-0.39, 0.29) is 11.7 Å². The molecule has 24 heavy (non-hydrogen) atoms. The van der Waals surface area contributed by atoms with Gasteiger partial charge in [0.05, 0.1) is 17.0 Å². The first kappa shape index (κ1) is 16.6. The molecule has 2 aliphatic heterocycles. The first-order chi connectivity index (χ1) is 11.6. The summed E-state index contributed by atoms with van der Waals surface area (Å²) in [5.41, 5.74) is 1.77. The summed E-state index contributed by atoms with van der Waals surface area (Å²) in [7, 11) is 1.60. The third-order valence-electron chi connectivity index (χ3n) is 4.07. The lowest BCUT2D eigenvalue weighted by atomic mass is 10.0. The molecule has 0 aliphatic carbocycles. The van der Waals surface area contributed by atoms with Crippen LogP contribution in [0.15, 0.2) is 58.1 Å². The largest absolute Gasteiger partial charge is 0.497 e. The van der Waals surface area contributed by atoms with E-state index in [9.17, 15) is 9.59 Å². The molecule has 0 fully saturated rings. The van der Waals surface area contributed by atoms with Gasteiger partial charge in [-0.05, 0) is 37.3 Å². The summed E-state index contributed by atoms with van der Waals surface area (Å²) in [4.78, 5) is 26.3. The van der Waals surface area contributed by atoms with Gasteiger partial charge in [0.2, 0.25) is 0 Å². The Balaban J connectivity index is 1.81. The van der Waals surface area contributed by atoms with Crippen LogP contribution < -0.4 is 4.74 Å². The number of hydrogen-bond acceptors (Lipinski definition) is 5. The summed E-state index contributed by atoms with van der Waals surface area (Å²) in [5, 5.41) is 1.03. The van der Waals surface area contributed by atoms with E-state index in [2.05, 4.69) is 17.1 Å². The van der Waals surface area contributed by atoms with Crippen molar-refractivity contribution in [3.05, 3.63) is 63.7 Å². The van der Waals surface area contributed by atoms with Crippen molar-refractivity contribution in [1.29, 1.82) is 0 Å². The lowest BCUT2D eigenvalue weighted by molar-refractivity contribution is -0.108. The maximum absolute atomic E-state index is 12.8. The molecular weight excluding hydrogens is 322 g/mol. The van der Waals surface area contributed by atoms with Gasteiger partial charge in [0.25, 0.3) is 0 Å². The highest BCUT2D eigenvalue weighted by atomic mass is 32.2. The van der Waals surface area contributed by atoms with Crippen molar-refractivity contribution in [2.24, 2.45) is 5.92 Å². The molecule has 4 nitrogen and oxygen atoms in total. The quantitative estimate of drug-likeness (QED) is 0.582. The molecule has 3 rings (SSSR count). The van der Waals surface area contributed by atoms with Crippen molar-refractivity contribution < 1.29 is 14.3 Å². The molecule has 0 saturated carbocycles. The first-order valence-corrected chi connectivity index (χ1v) is 8.64. The third-order valence-corrected chi connectivity index (χ3v) is 5.17. The molecule has 0 N–H and O–H groups in total. The van der Waals surface area contributed by atoms with Gasteiger partial charge in [0, 0.05) is 30.1 Å². The van der Waals surface area contributed by atoms with Crippen LogP contribution in [-0.2, 0) is 4.79 Å². The number of benzene rings is 1. The van der Waals surface area contributed by atoms with Crippen LogP contribution in [0.4, 0.5) is 0 Å². The minimum atomic E-state index is 0.0153. The second-order valence-corrected chi connectivity index (χ2v) is 6.75. The van der Waals surface area contributed by atoms with Crippen molar-refractivity contribution in [3.8, 4) is 5.75 Å². The predicted octanol–water partition coefficient (Wildman–Crippen LogP) is 3.77. The number of hydrogen-bond donors (Lipinski definition) is 0. The average Bonchev–Trinajstić information content (AvgIpc) is 2.60. The second kappa shape index (κ2) is 7.09. The summed E-state index contributed by atoms with van der Waals surface area (Å²) in [6.07, 6.45) is 7.65. The standard InChI is InChI=1S/C19H19NO3S/c1-13-10-14-11-17(24-18(12-14)20(13)8-3-9-21)19(22)15-4-6-16(23-2)7-5-15/h4-7,9-12,14H,3,8H2,1-2H3. The zero-order valence-corrected chi connectivity index (χ0v) is 14.5. The van der Waals surface area contributed by atoms with Crippen LogP contribution in [0.2, 0.25) is 0 Å². The molecule has 0 saturated heterocycles. The number of rotatable bonds is 6. The fourth-order valence-corrected chi connectivity index (χ4v) is 4.06. The van der Waals surface area contributed by atoms with E-state index in [1.165, 1.54) is 11.8 Å². The normalized spacial score (nSPS) is 19.2. The number of ketones is 1. The number of nitrogens with zero attached hydrogens (tertiary/aromatic N) is 1. The van der Waals surface area contributed by atoms with Crippen LogP contribution in [0, 0.1) is 5.92 Å². The minimum absolute atomic E-state index is 0.0153. The molecule has 2 bridgehead atoms. The second-order valence-electron chi connectivity index (χ2n) is 5.69. The molecule has 1 aromatic carbocycles. The van der Waals surface area contributed by atoms with Gasteiger partial charge in [-0.25, -0.2) is 0 Å². The molecule has 2 aliphatic rings.